The third-order valence-corrected chi connectivity index (χ3v) is 3.67. The first-order chi connectivity index (χ1) is 8.57. The Hall–Kier alpha value is -1.78. The van der Waals surface area contributed by atoms with Gasteiger partial charge in [0.05, 0.1) is 11.4 Å². The van der Waals surface area contributed by atoms with Crippen LogP contribution in [-0.4, -0.2) is 23.4 Å². The summed E-state index contributed by atoms with van der Waals surface area (Å²) < 4.78 is 4.82. The van der Waals surface area contributed by atoms with Crippen molar-refractivity contribution in [3.05, 3.63) is 12.1 Å². The first-order valence-corrected chi connectivity index (χ1v) is 6.32. The van der Waals surface area contributed by atoms with Crippen molar-refractivity contribution in [2.24, 2.45) is 5.41 Å². The number of aromatic nitrogens is 2. The Kier molecular flexibility index (Phi) is 2.43. The predicted molar refractivity (Wildman–Crippen MR) is 71.4 cm³/mol. The molecule has 2 N–H and O–H groups in total. The Labute approximate surface area is 106 Å². The van der Waals surface area contributed by atoms with E-state index in [2.05, 4.69) is 29.1 Å². The molecule has 1 aromatic carbocycles. The Morgan fingerprint density at radius 2 is 2.06 bits per heavy atom. The van der Waals surface area contributed by atoms with Crippen LogP contribution in [-0.2, 0) is 0 Å². The third-order valence-electron chi connectivity index (χ3n) is 3.67. The molecule has 0 amide bonds. The van der Waals surface area contributed by atoms with E-state index < -0.39 is 0 Å². The SMILES string of the molecule is CC1(C)CCCN(c2ccc(N)c3nonc23)C1. The summed E-state index contributed by atoms with van der Waals surface area (Å²) in [7, 11) is 0. The Bertz CT molecular complexity index is 575. The van der Waals surface area contributed by atoms with Crippen LogP contribution in [0.2, 0.25) is 0 Å². The normalized spacial score (nSPS) is 19.3. The summed E-state index contributed by atoms with van der Waals surface area (Å²) in [5.41, 5.74) is 9.34. The Balaban J connectivity index is 2.04. The highest BCUT2D eigenvalue weighted by Crippen LogP contribution is 2.35. The van der Waals surface area contributed by atoms with E-state index in [4.69, 9.17) is 10.4 Å². The lowest BCUT2D eigenvalue weighted by Gasteiger charge is -2.39. The van der Waals surface area contributed by atoms with Crippen LogP contribution in [0.3, 0.4) is 0 Å². The van der Waals surface area contributed by atoms with Gasteiger partial charge in [-0.25, -0.2) is 4.63 Å². The molecular formula is C13H18N4O. The van der Waals surface area contributed by atoms with Gasteiger partial charge in [0.1, 0.15) is 0 Å². The van der Waals surface area contributed by atoms with Gasteiger partial charge in [0.2, 0.25) is 0 Å². The number of nitrogens with zero attached hydrogens (tertiary/aromatic N) is 3. The molecule has 0 saturated carbocycles. The minimum Gasteiger partial charge on any atom is -0.397 e. The van der Waals surface area contributed by atoms with Gasteiger partial charge in [0, 0.05) is 13.1 Å². The van der Waals surface area contributed by atoms with Crippen LogP contribution in [0.5, 0.6) is 0 Å². The van der Waals surface area contributed by atoms with Crippen molar-refractivity contribution in [1.29, 1.82) is 0 Å². The topological polar surface area (TPSA) is 68.2 Å². The van der Waals surface area contributed by atoms with Gasteiger partial charge in [-0.1, -0.05) is 13.8 Å². The Morgan fingerprint density at radius 1 is 1.28 bits per heavy atom. The van der Waals surface area contributed by atoms with Gasteiger partial charge in [0.25, 0.3) is 0 Å². The molecule has 0 aliphatic carbocycles. The number of rotatable bonds is 1. The van der Waals surface area contributed by atoms with E-state index in [1.165, 1.54) is 12.8 Å². The molecule has 0 spiro atoms. The molecule has 5 nitrogen and oxygen atoms in total. The lowest BCUT2D eigenvalue weighted by molar-refractivity contribution is 0.292. The third kappa shape index (κ3) is 1.79. The highest BCUT2D eigenvalue weighted by molar-refractivity contribution is 5.95. The van der Waals surface area contributed by atoms with Crippen molar-refractivity contribution in [3.8, 4) is 0 Å². The highest BCUT2D eigenvalue weighted by atomic mass is 16.6. The zero-order valence-electron chi connectivity index (χ0n) is 10.8. The molecule has 2 heterocycles. The molecule has 2 aromatic rings. The first-order valence-electron chi connectivity index (χ1n) is 6.32. The van der Waals surface area contributed by atoms with Gasteiger partial charge in [-0.05, 0) is 40.7 Å². The lowest BCUT2D eigenvalue weighted by atomic mass is 9.84. The summed E-state index contributed by atoms with van der Waals surface area (Å²) >= 11 is 0. The summed E-state index contributed by atoms with van der Waals surface area (Å²) in [6.07, 6.45) is 2.46. The fourth-order valence-corrected chi connectivity index (χ4v) is 2.76. The van der Waals surface area contributed by atoms with Crippen molar-refractivity contribution in [2.45, 2.75) is 26.7 Å². The van der Waals surface area contributed by atoms with E-state index in [-0.39, 0.29) is 0 Å². The molecule has 3 rings (SSSR count). The van der Waals surface area contributed by atoms with Crippen LogP contribution in [0.4, 0.5) is 11.4 Å². The lowest BCUT2D eigenvalue weighted by Crippen LogP contribution is -2.40. The zero-order chi connectivity index (χ0) is 12.8. The summed E-state index contributed by atoms with van der Waals surface area (Å²) in [6, 6.07) is 3.90. The van der Waals surface area contributed by atoms with Gasteiger partial charge in [-0.3, -0.25) is 0 Å². The largest absolute Gasteiger partial charge is 0.397 e. The minimum atomic E-state index is 0.336. The maximum Gasteiger partial charge on any atom is 0.160 e. The van der Waals surface area contributed by atoms with Gasteiger partial charge < -0.3 is 10.6 Å². The summed E-state index contributed by atoms with van der Waals surface area (Å²) in [5, 5.41) is 7.87. The molecule has 0 atom stereocenters. The minimum absolute atomic E-state index is 0.336. The molecule has 1 aliphatic rings. The molecule has 0 bridgehead atoms. The molecule has 1 saturated heterocycles. The number of piperidine rings is 1. The van der Waals surface area contributed by atoms with Gasteiger partial charge in [-0.2, -0.15) is 0 Å². The second kappa shape index (κ2) is 3.86. The highest BCUT2D eigenvalue weighted by Gasteiger charge is 2.28. The fraction of sp³-hybridized carbons (Fsp3) is 0.538. The number of nitrogen functional groups attached to an aromatic ring is 1. The molecule has 5 heteroatoms. The number of fused-ring (bicyclic) bond motifs is 1. The molecule has 96 valence electrons. The van der Waals surface area contributed by atoms with E-state index in [0.717, 1.165) is 24.3 Å². The average molecular weight is 246 g/mol. The zero-order valence-corrected chi connectivity index (χ0v) is 10.8. The number of hydrogen-bond donors (Lipinski definition) is 1. The van der Waals surface area contributed by atoms with Crippen LogP contribution >= 0.6 is 0 Å². The summed E-state index contributed by atoms with van der Waals surface area (Å²) in [5.74, 6) is 0. The molecule has 1 aliphatic heterocycles. The summed E-state index contributed by atoms with van der Waals surface area (Å²) in [4.78, 5) is 2.36. The van der Waals surface area contributed by atoms with Crippen LogP contribution in [0.15, 0.2) is 16.8 Å². The first kappa shape index (κ1) is 11.3. The van der Waals surface area contributed by atoms with E-state index in [1.807, 2.05) is 12.1 Å². The fourth-order valence-electron chi connectivity index (χ4n) is 2.76. The molecular weight excluding hydrogens is 228 g/mol. The van der Waals surface area contributed by atoms with Crippen molar-refractivity contribution in [1.82, 2.24) is 10.3 Å². The standard InChI is InChI=1S/C13H18N4O/c1-13(2)6-3-7-17(8-13)10-5-4-9(14)11-12(10)16-18-15-11/h4-5H,3,6-8,14H2,1-2H3. The van der Waals surface area contributed by atoms with E-state index in [9.17, 15) is 0 Å². The number of nitrogens with two attached hydrogens (primary N) is 1. The van der Waals surface area contributed by atoms with Crippen LogP contribution in [0, 0.1) is 5.41 Å². The maximum atomic E-state index is 5.87. The van der Waals surface area contributed by atoms with Crippen LogP contribution < -0.4 is 10.6 Å². The van der Waals surface area contributed by atoms with Crippen molar-refractivity contribution >= 4 is 22.4 Å². The number of hydrogen-bond acceptors (Lipinski definition) is 5. The molecule has 1 fully saturated rings. The second-order valence-electron chi connectivity index (χ2n) is 5.82. The Morgan fingerprint density at radius 3 is 2.83 bits per heavy atom. The van der Waals surface area contributed by atoms with E-state index in [1.54, 1.807) is 0 Å². The molecule has 0 unspecified atom stereocenters. The monoisotopic (exact) mass is 246 g/mol. The van der Waals surface area contributed by atoms with Gasteiger partial charge in [0.15, 0.2) is 11.0 Å². The average Bonchev–Trinajstić information content (AvgIpc) is 2.78. The molecule has 0 radical (unpaired) electrons. The van der Waals surface area contributed by atoms with Crippen LogP contribution in [0.1, 0.15) is 26.7 Å². The summed E-state index contributed by atoms with van der Waals surface area (Å²) in [6.45, 7) is 6.68. The number of benzene rings is 1. The molecule has 18 heavy (non-hydrogen) atoms. The van der Waals surface area contributed by atoms with E-state index in [0.29, 0.717) is 16.6 Å². The second-order valence-corrected chi connectivity index (χ2v) is 5.82. The van der Waals surface area contributed by atoms with Crippen LogP contribution in [0.25, 0.3) is 11.0 Å². The number of anilines is 2. The van der Waals surface area contributed by atoms with Gasteiger partial charge in [-0.15, -0.1) is 0 Å². The van der Waals surface area contributed by atoms with Crippen molar-refractivity contribution in [3.63, 3.8) is 0 Å². The predicted octanol–water partition coefficient (Wildman–Crippen LogP) is 2.43. The van der Waals surface area contributed by atoms with Crippen molar-refractivity contribution in [2.75, 3.05) is 23.7 Å². The van der Waals surface area contributed by atoms with Crippen molar-refractivity contribution < 1.29 is 4.63 Å². The molecule has 1 aromatic heterocycles. The maximum absolute atomic E-state index is 5.87. The quantitative estimate of drug-likeness (QED) is 0.783. The van der Waals surface area contributed by atoms with E-state index >= 15 is 0 Å². The van der Waals surface area contributed by atoms with Gasteiger partial charge >= 0.3 is 0 Å². The smallest absolute Gasteiger partial charge is 0.160 e.